The fourth-order valence-electron chi connectivity index (χ4n) is 3.21. The van der Waals surface area contributed by atoms with Crippen LogP contribution in [0.4, 0.5) is 11.4 Å². The number of hydrogen-bond donors (Lipinski definition) is 1. The van der Waals surface area contributed by atoms with Crippen LogP contribution in [0, 0.1) is 10.1 Å². The van der Waals surface area contributed by atoms with Crippen LogP contribution in [0.1, 0.15) is 18.1 Å². The van der Waals surface area contributed by atoms with E-state index in [1.54, 1.807) is 6.07 Å². The number of hydrogen-bond acceptors (Lipinski definition) is 4. The van der Waals surface area contributed by atoms with Gasteiger partial charge in [0, 0.05) is 26.1 Å². The molecule has 0 spiro atoms. The highest BCUT2D eigenvalue weighted by Gasteiger charge is 2.28. The van der Waals surface area contributed by atoms with Gasteiger partial charge in [-0.05, 0) is 35.7 Å². The van der Waals surface area contributed by atoms with E-state index in [-0.39, 0.29) is 11.6 Å². The fraction of sp³-hybridized carbons (Fsp3) is 0.278. The molecule has 0 unspecified atom stereocenters. The third-order valence-corrected chi connectivity index (χ3v) is 4.28. The van der Waals surface area contributed by atoms with Crippen LogP contribution >= 0.6 is 0 Å². The number of fused-ring (bicyclic) bond motifs is 1. The molecule has 0 aliphatic carbocycles. The molecule has 0 radical (unpaired) electrons. The second-order valence-corrected chi connectivity index (χ2v) is 6.07. The van der Waals surface area contributed by atoms with Crippen LogP contribution in [-0.4, -0.2) is 29.3 Å². The molecule has 2 aromatic rings. The number of rotatable bonds is 3. The summed E-state index contributed by atoms with van der Waals surface area (Å²) in [5.74, 6) is -0.299. The number of amides is 1. The van der Waals surface area contributed by atoms with Gasteiger partial charge in [0.15, 0.2) is 0 Å². The molecule has 0 aromatic heterocycles. The Morgan fingerprint density at radius 2 is 1.96 bits per heavy atom. The lowest BCUT2D eigenvalue weighted by Crippen LogP contribution is -2.28. The highest BCUT2D eigenvalue weighted by molar-refractivity contribution is 5.94. The number of benzene rings is 2. The molecule has 124 valence electrons. The Hall–Kier alpha value is -2.73. The van der Waals surface area contributed by atoms with Gasteiger partial charge in [-0.1, -0.05) is 30.3 Å². The van der Waals surface area contributed by atoms with Crippen LogP contribution in [0.5, 0.6) is 0 Å². The number of nitrogens with zero attached hydrogens (tertiary/aromatic N) is 2. The monoisotopic (exact) mass is 325 g/mol. The molecule has 24 heavy (non-hydrogen) atoms. The third kappa shape index (κ3) is 3.00. The van der Waals surface area contributed by atoms with Gasteiger partial charge >= 0.3 is 0 Å². The van der Waals surface area contributed by atoms with Crippen molar-refractivity contribution >= 4 is 17.3 Å². The van der Waals surface area contributed by atoms with Crippen molar-refractivity contribution in [1.29, 1.82) is 0 Å². The van der Waals surface area contributed by atoms with Crippen LogP contribution in [0.3, 0.4) is 0 Å². The first-order chi connectivity index (χ1) is 11.5. The van der Waals surface area contributed by atoms with Gasteiger partial charge in [-0.2, -0.15) is 0 Å². The van der Waals surface area contributed by atoms with Gasteiger partial charge in [-0.15, -0.1) is 0 Å². The molecule has 6 heteroatoms. The van der Waals surface area contributed by atoms with Gasteiger partial charge in [0.2, 0.25) is 5.91 Å². The van der Waals surface area contributed by atoms with E-state index in [2.05, 4.69) is 10.2 Å². The minimum absolute atomic E-state index is 0.0487. The Morgan fingerprint density at radius 1 is 1.25 bits per heavy atom. The van der Waals surface area contributed by atoms with E-state index in [1.807, 2.05) is 37.4 Å². The third-order valence-electron chi connectivity index (χ3n) is 4.28. The first-order valence-electron chi connectivity index (χ1n) is 7.82. The van der Waals surface area contributed by atoms with Gasteiger partial charge in [0.25, 0.3) is 5.69 Å². The second-order valence-electron chi connectivity index (χ2n) is 6.07. The van der Waals surface area contributed by atoms with Gasteiger partial charge in [-0.25, -0.2) is 0 Å². The Morgan fingerprint density at radius 3 is 2.58 bits per heavy atom. The number of carbonyl (C=O) groups excluding carboxylic acids is 1. The van der Waals surface area contributed by atoms with E-state index in [0.717, 1.165) is 28.8 Å². The van der Waals surface area contributed by atoms with Crippen molar-refractivity contribution in [2.24, 2.45) is 0 Å². The van der Waals surface area contributed by atoms with Gasteiger partial charge in [-0.3, -0.25) is 14.9 Å². The molecule has 1 aliphatic rings. The average molecular weight is 325 g/mol. The Kier molecular flexibility index (Phi) is 4.31. The number of likely N-dealkylation sites (N-methyl/N-ethyl adjacent to an activating group) is 1. The minimum atomic E-state index is -0.420. The zero-order valence-electron chi connectivity index (χ0n) is 13.7. The Bertz CT molecular complexity index is 803. The number of anilines is 1. The van der Waals surface area contributed by atoms with E-state index in [0.29, 0.717) is 18.7 Å². The van der Waals surface area contributed by atoms with Crippen LogP contribution < -0.4 is 5.32 Å². The lowest BCUT2D eigenvalue weighted by molar-refractivity contribution is -0.383. The van der Waals surface area contributed by atoms with E-state index in [4.69, 9.17) is 0 Å². The molecule has 0 saturated heterocycles. The molecular formula is C18H19N3O3. The standard InChI is InChI=1S/C18H19N3O3/c1-12(22)19-18-14-8-9-20(2)11-16(14)15(10-17(18)21(23)24)13-6-4-3-5-7-13/h3-7,10H,8-9,11H2,1-2H3,(H,19,22). The normalized spacial score (nSPS) is 14.1. The zero-order valence-corrected chi connectivity index (χ0v) is 13.7. The molecule has 0 bridgehead atoms. The number of nitrogens with one attached hydrogen (secondary N) is 1. The smallest absolute Gasteiger partial charge is 0.293 e. The van der Waals surface area contributed by atoms with Crippen molar-refractivity contribution < 1.29 is 9.72 Å². The van der Waals surface area contributed by atoms with Crippen LogP contribution in [0.25, 0.3) is 11.1 Å². The predicted octanol–water partition coefficient (Wildman–Crippen LogP) is 3.21. The highest BCUT2D eigenvalue weighted by Crippen LogP contribution is 2.40. The number of carbonyl (C=O) groups is 1. The van der Waals surface area contributed by atoms with Crippen molar-refractivity contribution in [2.75, 3.05) is 18.9 Å². The maximum Gasteiger partial charge on any atom is 0.293 e. The molecule has 6 nitrogen and oxygen atoms in total. The topological polar surface area (TPSA) is 75.5 Å². The van der Waals surface area contributed by atoms with Gasteiger partial charge < -0.3 is 10.2 Å². The first-order valence-corrected chi connectivity index (χ1v) is 7.82. The fourth-order valence-corrected chi connectivity index (χ4v) is 3.21. The predicted molar refractivity (Wildman–Crippen MR) is 92.9 cm³/mol. The lowest BCUT2D eigenvalue weighted by Gasteiger charge is -2.29. The van der Waals surface area contributed by atoms with Crippen LogP contribution in [0.2, 0.25) is 0 Å². The van der Waals surface area contributed by atoms with Crippen molar-refractivity contribution in [3.05, 3.63) is 57.6 Å². The summed E-state index contributed by atoms with van der Waals surface area (Å²) >= 11 is 0. The van der Waals surface area contributed by atoms with E-state index < -0.39 is 4.92 Å². The molecule has 0 atom stereocenters. The number of nitro groups is 1. The largest absolute Gasteiger partial charge is 0.320 e. The van der Waals surface area contributed by atoms with E-state index in [1.165, 1.54) is 6.92 Å². The van der Waals surface area contributed by atoms with Gasteiger partial charge in [0.05, 0.1) is 4.92 Å². The zero-order chi connectivity index (χ0) is 17.3. The molecule has 0 fully saturated rings. The average Bonchev–Trinajstić information content (AvgIpc) is 2.54. The molecule has 0 saturated carbocycles. The summed E-state index contributed by atoms with van der Waals surface area (Å²) in [6, 6.07) is 11.2. The summed E-state index contributed by atoms with van der Waals surface area (Å²) in [5, 5.41) is 14.3. The second kappa shape index (κ2) is 6.41. The van der Waals surface area contributed by atoms with Crippen LogP contribution in [-0.2, 0) is 17.8 Å². The van der Waals surface area contributed by atoms with Crippen molar-refractivity contribution in [1.82, 2.24) is 4.90 Å². The van der Waals surface area contributed by atoms with Crippen LogP contribution in [0.15, 0.2) is 36.4 Å². The SMILES string of the molecule is CC(=O)Nc1c([N+](=O)[O-])cc(-c2ccccc2)c2c1CCN(C)C2. The summed E-state index contributed by atoms with van der Waals surface area (Å²) in [6.45, 7) is 2.87. The first kappa shape index (κ1) is 16.1. The Labute approximate surface area is 140 Å². The minimum Gasteiger partial charge on any atom is -0.320 e. The summed E-state index contributed by atoms with van der Waals surface area (Å²) in [7, 11) is 2.03. The van der Waals surface area contributed by atoms with Crippen molar-refractivity contribution in [3.8, 4) is 11.1 Å². The summed E-state index contributed by atoms with van der Waals surface area (Å²) < 4.78 is 0. The molecule has 2 aromatic carbocycles. The lowest BCUT2D eigenvalue weighted by atomic mass is 9.89. The molecule has 1 aliphatic heterocycles. The maximum absolute atomic E-state index is 11.6. The van der Waals surface area contributed by atoms with Gasteiger partial charge in [0.1, 0.15) is 5.69 Å². The highest BCUT2D eigenvalue weighted by atomic mass is 16.6. The maximum atomic E-state index is 11.6. The van der Waals surface area contributed by atoms with Crippen molar-refractivity contribution in [2.45, 2.75) is 19.9 Å². The molecule has 3 rings (SSSR count). The summed E-state index contributed by atoms with van der Waals surface area (Å²) in [4.78, 5) is 24.9. The number of nitro benzene ring substituents is 1. The molecule has 1 N–H and O–H groups in total. The quantitative estimate of drug-likeness (QED) is 0.694. The molecule has 1 heterocycles. The summed E-state index contributed by atoms with van der Waals surface area (Å²) in [5.41, 5.74) is 4.02. The molecule has 1 amide bonds. The molecular weight excluding hydrogens is 306 g/mol. The van der Waals surface area contributed by atoms with E-state index >= 15 is 0 Å². The van der Waals surface area contributed by atoms with Crippen molar-refractivity contribution in [3.63, 3.8) is 0 Å². The Balaban J connectivity index is 2.29. The van der Waals surface area contributed by atoms with E-state index in [9.17, 15) is 14.9 Å². The summed E-state index contributed by atoms with van der Waals surface area (Å²) in [6.07, 6.45) is 0.670.